The van der Waals surface area contributed by atoms with Crippen LogP contribution in [-0.4, -0.2) is 46.8 Å². The van der Waals surface area contributed by atoms with Gasteiger partial charge in [-0.15, -0.1) is 0 Å². The number of nitrogens with one attached hydrogen (secondary N) is 3. The maximum Gasteiger partial charge on any atom is 0.314 e. The van der Waals surface area contributed by atoms with Crippen LogP contribution >= 0.6 is 11.6 Å². The molecule has 0 aliphatic carbocycles. The fraction of sp³-hybridized carbons (Fsp3) is 0.500. The standard InChI is InChI=1S/C14H20ClN3O4S/c15-11-3-5-13(6-4-11)23(20,21)18-8-7-16-14(19)17-10-12-2-1-9-22-12/h3-6,12,18H,1-2,7-10H2,(H2,16,17,19)/t12-/m1/s1. The fourth-order valence-corrected chi connectivity index (χ4v) is 3.29. The van der Waals surface area contributed by atoms with Crippen LogP contribution in [0.2, 0.25) is 5.02 Å². The zero-order valence-corrected chi connectivity index (χ0v) is 14.1. The molecule has 23 heavy (non-hydrogen) atoms. The van der Waals surface area contributed by atoms with Crippen molar-refractivity contribution in [3.8, 4) is 0 Å². The van der Waals surface area contributed by atoms with Crippen molar-refractivity contribution in [3.63, 3.8) is 0 Å². The lowest BCUT2D eigenvalue weighted by Gasteiger charge is -2.12. The molecule has 9 heteroatoms. The summed E-state index contributed by atoms with van der Waals surface area (Å²) in [6.07, 6.45) is 2.03. The van der Waals surface area contributed by atoms with Crippen LogP contribution in [0.15, 0.2) is 29.2 Å². The molecule has 3 N–H and O–H groups in total. The molecule has 2 rings (SSSR count). The van der Waals surface area contributed by atoms with E-state index in [1.807, 2.05) is 0 Å². The minimum atomic E-state index is -3.60. The van der Waals surface area contributed by atoms with Crippen LogP contribution in [0.3, 0.4) is 0 Å². The Labute approximate surface area is 140 Å². The van der Waals surface area contributed by atoms with Crippen LogP contribution in [0.1, 0.15) is 12.8 Å². The minimum Gasteiger partial charge on any atom is -0.376 e. The maximum absolute atomic E-state index is 12.0. The lowest BCUT2D eigenvalue weighted by atomic mass is 10.2. The SMILES string of the molecule is O=C(NCCNS(=O)(=O)c1ccc(Cl)cc1)NC[C@H]1CCCO1. The van der Waals surface area contributed by atoms with Gasteiger partial charge in [0.15, 0.2) is 0 Å². The quantitative estimate of drug-likeness (QED) is 0.633. The monoisotopic (exact) mass is 361 g/mol. The summed E-state index contributed by atoms with van der Waals surface area (Å²) < 4.78 is 31.8. The van der Waals surface area contributed by atoms with Gasteiger partial charge in [0.2, 0.25) is 10.0 Å². The van der Waals surface area contributed by atoms with E-state index >= 15 is 0 Å². The number of carbonyl (C=O) groups excluding carboxylic acids is 1. The molecule has 1 aromatic rings. The van der Waals surface area contributed by atoms with Crippen LogP contribution < -0.4 is 15.4 Å². The van der Waals surface area contributed by atoms with Crippen molar-refractivity contribution in [2.75, 3.05) is 26.2 Å². The van der Waals surface area contributed by atoms with Crippen molar-refractivity contribution in [2.45, 2.75) is 23.8 Å². The van der Waals surface area contributed by atoms with E-state index in [2.05, 4.69) is 15.4 Å². The van der Waals surface area contributed by atoms with Gasteiger partial charge in [-0.3, -0.25) is 0 Å². The van der Waals surface area contributed by atoms with E-state index in [1.54, 1.807) is 0 Å². The highest BCUT2D eigenvalue weighted by atomic mass is 35.5. The van der Waals surface area contributed by atoms with Crippen molar-refractivity contribution in [1.82, 2.24) is 15.4 Å². The van der Waals surface area contributed by atoms with E-state index in [0.29, 0.717) is 11.6 Å². The second-order valence-corrected chi connectivity index (χ2v) is 7.33. The van der Waals surface area contributed by atoms with E-state index in [-0.39, 0.29) is 30.1 Å². The van der Waals surface area contributed by atoms with Crippen LogP contribution in [0.5, 0.6) is 0 Å². The van der Waals surface area contributed by atoms with E-state index in [9.17, 15) is 13.2 Å². The van der Waals surface area contributed by atoms with Gasteiger partial charge >= 0.3 is 6.03 Å². The molecule has 0 bridgehead atoms. The first-order valence-electron chi connectivity index (χ1n) is 7.36. The Kier molecular flexibility index (Phi) is 6.64. The summed E-state index contributed by atoms with van der Waals surface area (Å²) in [5.74, 6) is 0. The molecule has 0 radical (unpaired) electrons. The molecule has 1 aliphatic rings. The summed E-state index contributed by atoms with van der Waals surface area (Å²) in [6.45, 7) is 1.48. The Balaban J connectivity index is 1.65. The second kappa shape index (κ2) is 8.49. The number of benzene rings is 1. The summed E-state index contributed by atoms with van der Waals surface area (Å²) in [5.41, 5.74) is 0. The van der Waals surface area contributed by atoms with Gasteiger partial charge in [-0.25, -0.2) is 17.9 Å². The average molecular weight is 362 g/mol. The van der Waals surface area contributed by atoms with E-state index in [4.69, 9.17) is 16.3 Å². The molecule has 1 aromatic carbocycles. The summed E-state index contributed by atoms with van der Waals surface area (Å²) in [5, 5.41) is 5.75. The number of rotatable bonds is 7. The summed E-state index contributed by atoms with van der Waals surface area (Å²) >= 11 is 5.72. The Hall–Kier alpha value is -1.35. The highest BCUT2D eigenvalue weighted by molar-refractivity contribution is 7.89. The molecule has 0 spiro atoms. The zero-order valence-electron chi connectivity index (χ0n) is 12.5. The summed E-state index contributed by atoms with van der Waals surface area (Å²) in [4.78, 5) is 11.7. The van der Waals surface area contributed by atoms with Gasteiger partial charge in [0.05, 0.1) is 11.0 Å². The Morgan fingerprint density at radius 1 is 1.22 bits per heavy atom. The molecule has 1 aliphatic heterocycles. The number of sulfonamides is 1. The summed E-state index contributed by atoms with van der Waals surface area (Å²) in [7, 11) is -3.60. The van der Waals surface area contributed by atoms with Gasteiger partial charge < -0.3 is 15.4 Å². The lowest BCUT2D eigenvalue weighted by molar-refractivity contribution is 0.111. The molecular formula is C14H20ClN3O4S. The smallest absolute Gasteiger partial charge is 0.314 e. The van der Waals surface area contributed by atoms with Crippen molar-refractivity contribution < 1.29 is 17.9 Å². The fourth-order valence-electron chi connectivity index (χ4n) is 2.13. The molecule has 0 unspecified atom stereocenters. The molecule has 0 aromatic heterocycles. The Morgan fingerprint density at radius 3 is 2.61 bits per heavy atom. The topological polar surface area (TPSA) is 96.5 Å². The van der Waals surface area contributed by atoms with Crippen LogP contribution in [0.25, 0.3) is 0 Å². The predicted octanol–water partition coefficient (Wildman–Crippen LogP) is 1.10. The molecule has 7 nitrogen and oxygen atoms in total. The highest BCUT2D eigenvalue weighted by Gasteiger charge is 2.16. The number of carbonyl (C=O) groups is 1. The van der Waals surface area contributed by atoms with Crippen molar-refractivity contribution in [1.29, 1.82) is 0 Å². The van der Waals surface area contributed by atoms with Crippen LogP contribution in [-0.2, 0) is 14.8 Å². The molecule has 0 saturated carbocycles. The van der Waals surface area contributed by atoms with Gasteiger partial charge in [0.25, 0.3) is 0 Å². The van der Waals surface area contributed by atoms with Gasteiger partial charge in [0.1, 0.15) is 0 Å². The highest BCUT2D eigenvalue weighted by Crippen LogP contribution is 2.13. The van der Waals surface area contributed by atoms with Gasteiger partial charge in [-0.2, -0.15) is 0 Å². The lowest BCUT2D eigenvalue weighted by Crippen LogP contribution is -2.42. The third-order valence-corrected chi connectivity index (χ3v) is 5.07. The molecule has 128 valence electrons. The number of hydrogen-bond donors (Lipinski definition) is 3. The molecule has 1 heterocycles. The van der Waals surface area contributed by atoms with Gasteiger partial charge in [-0.05, 0) is 37.1 Å². The summed E-state index contributed by atoms with van der Waals surface area (Å²) in [6, 6.07) is 5.52. The average Bonchev–Trinajstić information content (AvgIpc) is 3.03. The predicted molar refractivity (Wildman–Crippen MR) is 87.0 cm³/mol. The zero-order chi connectivity index (χ0) is 16.7. The first kappa shape index (κ1) is 18.0. The van der Waals surface area contributed by atoms with Gasteiger partial charge in [-0.1, -0.05) is 11.6 Å². The minimum absolute atomic E-state index is 0.0733. The van der Waals surface area contributed by atoms with E-state index in [0.717, 1.165) is 19.4 Å². The van der Waals surface area contributed by atoms with Crippen LogP contribution in [0.4, 0.5) is 4.79 Å². The van der Waals surface area contributed by atoms with E-state index < -0.39 is 10.0 Å². The number of halogens is 1. The van der Waals surface area contributed by atoms with Crippen LogP contribution in [0, 0.1) is 0 Å². The normalized spacial score (nSPS) is 17.9. The maximum atomic E-state index is 12.0. The number of urea groups is 1. The number of ether oxygens (including phenoxy) is 1. The van der Waals surface area contributed by atoms with Crippen molar-refractivity contribution in [2.24, 2.45) is 0 Å². The molecule has 1 atom stereocenters. The third kappa shape index (κ3) is 5.98. The van der Waals surface area contributed by atoms with Crippen molar-refractivity contribution >= 4 is 27.7 Å². The number of amides is 2. The van der Waals surface area contributed by atoms with E-state index in [1.165, 1.54) is 24.3 Å². The second-order valence-electron chi connectivity index (χ2n) is 5.12. The van der Waals surface area contributed by atoms with Gasteiger partial charge in [0, 0.05) is 31.3 Å². The Morgan fingerprint density at radius 2 is 1.96 bits per heavy atom. The largest absolute Gasteiger partial charge is 0.376 e. The molecule has 2 amide bonds. The molecule has 1 fully saturated rings. The number of hydrogen-bond acceptors (Lipinski definition) is 4. The first-order valence-corrected chi connectivity index (χ1v) is 9.22. The molecular weight excluding hydrogens is 342 g/mol. The first-order chi connectivity index (χ1) is 11.0. The Bertz CT molecular complexity index is 615. The van der Waals surface area contributed by atoms with Crippen molar-refractivity contribution in [3.05, 3.63) is 29.3 Å². The third-order valence-electron chi connectivity index (χ3n) is 3.34. The molecule has 1 saturated heterocycles.